The first-order valence-electron chi connectivity index (χ1n) is 9.53. The largest absolute Gasteiger partial charge is 0.295 e. The third kappa shape index (κ3) is 4.78. The van der Waals surface area contributed by atoms with Gasteiger partial charge in [0, 0.05) is 15.6 Å². The van der Waals surface area contributed by atoms with Gasteiger partial charge in [-0.15, -0.1) is 0 Å². The number of carbonyl (C=O) groups is 2. The third-order valence-electron chi connectivity index (χ3n) is 4.65. The van der Waals surface area contributed by atoms with Crippen LogP contribution in [0.15, 0.2) is 76.3 Å². The lowest BCUT2D eigenvalue weighted by molar-refractivity contribution is 0.0983. The zero-order valence-corrected chi connectivity index (χ0v) is 19.3. The highest BCUT2D eigenvalue weighted by molar-refractivity contribution is 9.10. The molecule has 154 valence electrons. The second-order valence-electron chi connectivity index (χ2n) is 7.01. The van der Waals surface area contributed by atoms with E-state index in [1.54, 1.807) is 30.5 Å². The molecule has 0 saturated heterocycles. The molecule has 0 spiro atoms. The van der Waals surface area contributed by atoms with E-state index in [-0.39, 0.29) is 11.7 Å². The fraction of sp³-hybridized carbons (Fsp3) is 0.0833. The van der Waals surface area contributed by atoms with E-state index in [4.69, 9.17) is 0 Å². The molecular weight excluding hydrogens is 474 g/mol. The van der Waals surface area contributed by atoms with Crippen molar-refractivity contribution >= 4 is 60.5 Å². The van der Waals surface area contributed by atoms with Crippen LogP contribution in [0.2, 0.25) is 0 Å². The van der Waals surface area contributed by atoms with Crippen molar-refractivity contribution in [3.05, 3.63) is 93.5 Å². The summed E-state index contributed by atoms with van der Waals surface area (Å²) in [6, 6.07) is 20.2. The van der Waals surface area contributed by atoms with Crippen molar-refractivity contribution in [2.24, 2.45) is 5.10 Å². The van der Waals surface area contributed by atoms with Gasteiger partial charge < -0.3 is 0 Å². The van der Waals surface area contributed by atoms with Crippen LogP contribution in [0.1, 0.15) is 38.8 Å². The number of hydrogen-bond donors (Lipinski definition) is 0. The number of benzene rings is 3. The number of halogens is 1. The zero-order chi connectivity index (χ0) is 22.0. The molecule has 1 heterocycles. The Bertz CT molecular complexity index is 1290. The highest BCUT2D eigenvalue weighted by Crippen LogP contribution is 2.32. The van der Waals surface area contributed by atoms with E-state index in [1.807, 2.05) is 49.4 Å². The minimum Gasteiger partial charge on any atom is -0.295 e. The summed E-state index contributed by atoms with van der Waals surface area (Å²) < 4.78 is 1.88. The summed E-state index contributed by atoms with van der Waals surface area (Å²) in [6.07, 6.45) is 1.64. The molecule has 4 rings (SSSR count). The number of anilines is 1. The van der Waals surface area contributed by atoms with Crippen LogP contribution in [0, 0.1) is 6.92 Å². The van der Waals surface area contributed by atoms with E-state index in [2.05, 4.69) is 26.0 Å². The predicted octanol–water partition coefficient (Wildman–Crippen LogP) is 6.25. The summed E-state index contributed by atoms with van der Waals surface area (Å²) in [4.78, 5) is 29.5. The lowest BCUT2D eigenvalue weighted by Gasteiger charge is -2.14. The lowest BCUT2D eigenvalue weighted by atomic mass is 10.1. The Balaban J connectivity index is 1.74. The molecule has 0 bridgehead atoms. The van der Waals surface area contributed by atoms with Crippen LogP contribution < -0.4 is 5.01 Å². The Morgan fingerprint density at radius 3 is 2.35 bits per heavy atom. The van der Waals surface area contributed by atoms with Gasteiger partial charge in [-0.3, -0.25) is 9.59 Å². The number of carbonyl (C=O) groups excluding carboxylic acids is 2. The molecule has 0 atom stereocenters. The molecule has 0 N–H and O–H groups in total. The number of nitrogens with zero attached hydrogens (tertiary/aromatic N) is 3. The summed E-state index contributed by atoms with van der Waals surface area (Å²) in [7, 11) is 0. The molecule has 1 aromatic heterocycles. The van der Waals surface area contributed by atoms with Crippen molar-refractivity contribution < 1.29 is 9.59 Å². The Morgan fingerprint density at radius 2 is 1.68 bits per heavy atom. The van der Waals surface area contributed by atoms with Gasteiger partial charge in [0.2, 0.25) is 5.13 Å². The lowest BCUT2D eigenvalue weighted by Crippen LogP contribution is -2.25. The molecular formula is C24H18BrN3O2S. The maximum absolute atomic E-state index is 13.3. The molecule has 7 heteroatoms. The second kappa shape index (κ2) is 8.91. The van der Waals surface area contributed by atoms with Gasteiger partial charge in [0.25, 0.3) is 5.91 Å². The minimum absolute atomic E-state index is 0.0509. The van der Waals surface area contributed by atoms with Crippen molar-refractivity contribution in [2.75, 3.05) is 5.01 Å². The number of hydrazone groups is 1. The normalized spacial score (nSPS) is 11.2. The molecule has 0 aliphatic heterocycles. The first-order valence-corrected chi connectivity index (χ1v) is 11.1. The Hall–Kier alpha value is -3.16. The molecule has 0 fully saturated rings. The van der Waals surface area contributed by atoms with Gasteiger partial charge in [-0.2, -0.15) is 10.1 Å². The van der Waals surface area contributed by atoms with Crippen molar-refractivity contribution in [1.29, 1.82) is 0 Å². The van der Waals surface area contributed by atoms with E-state index in [1.165, 1.54) is 23.3 Å². The van der Waals surface area contributed by atoms with Crippen molar-refractivity contribution in [1.82, 2.24) is 4.98 Å². The highest BCUT2D eigenvalue weighted by Gasteiger charge is 2.21. The number of Topliss-reactive ketones (excluding diaryl/α,β-unsaturated/α-hetero) is 1. The van der Waals surface area contributed by atoms with E-state index >= 15 is 0 Å². The van der Waals surface area contributed by atoms with Gasteiger partial charge in [-0.05, 0) is 49.7 Å². The number of thiazole rings is 1. The van der Waals surface area contributed by atoms with E-state index < -0.39 is 0 Å². The average molecular weight is 492 g/mol. The maximum Gasteiger partial charge on any atom is 0.280 e. The quantitative estimate of drug-likeness (QED) is 0.188. The molecule has 1 amide bonds. The molecule has 31 heavy (non-hydrogen) atoms. The highest BCUT2D eigenvalue weighted by atomic mass is 79.9. The van der Waals surface area contributed by atoms with Gasteiger partial charge in [-0.1, -0.05) is 69.2 Å². The summed E-state index contributed by atoms with van der Waals surface area (Å²) in [5.74, 6) is -0.374. The minimum atomic E-state index is -0.323. The van der Waals surface area contributed by atoms with Crippen LogP contribution in [-0.2, 0) is 0 Å². The fourth-order valence-corrected chi connectivity index (χ4v) is 4.39. The van der Waals surface area contributed by atoms with Crippen LogP contribution in [0.3, 0.4) is 0 Å². The summed E-state index contributed by atoms with van der Waals surface area (Å²) in [5.41, 5.74) is 3.78. The van der Waals surface area contributed by atoms with Gasteiger partial charge in [-0.25, -0.2) is 4.98 Å². The maximum atomic E-state index is 13.3. The van der Waals surface area contributed by atoms with Crippen molar-refractivity contribution in [2.45, 2.75) is 13.8 Å². The first kappa shape index (κ1) is 21.1. The number of aryl methyl sites for hydroxylation is 1. The molecule has 0 aliphatic rings. The monoisotopic (exact) mass is 491 g/mol. The van der Waals surface area contributed by atoms with Crippen LogP contribution >= 0.6 is 27.3 Å². The average Bonchev–Trinajstić information content (AvgIpc) is 3.17. The van der Waals surface area contributed by atoms with Crippen LogP contribution in [0.5, 0.6) is 0 Å². The Kier molecular flexibility index (Phi) is 6.06. The van der Waals surface area contributed by atoms with E-state index in [9.17, 15) is 9.59 Å². The SMILES string of the molecule is CC(=O)c1ccc(C(=O)N(/N=C/c2ccc(C)cc2)c2nc3ccc(Br)cc3s2)cc1. The molecule has 3 aromatic carbocycles. The molecule has 0 radical (unpaired) electrons. The van der Waals surface area contributed by atoms with Gasteiger partial charge in [0.1, 0.15) is 0 Å². The zero-order valence-electron chi connectivity index (χ0n) is 16.9. The van der Waals surface area contributed by atoms with Crippen LogP contribution in [0.25, 0.3) is 10.2 Å². The molecule has 0 saturated carbocycles. The van der Waals surface area contributed by atoms with Crippen molar-refractivity contribution in [3.8, 4) is 0 Å². The first-order chi connectivity index (χ1) is 14.9. The number of ketones is 1. The number of amides is 1. The summed E-state index contributed by atoms with van der Waals surface area (Å²) in [6.45, 7) is 3.51. The molecule has 5 nitrogen and oxygen atoms in total. The molecule has 0 unspecified atom stereocenters. The number of fused-ring (bicyclic) bond motifs is 1. The topological polar surface area (TPSA) is 62.6 Å². The molecule has 0 aliphatic carbocycles. The number of aromatic nitrogens is 1. The fourth-order valence-electron chi connectivity index (χ4n) is 2.91. The number of hydrogen-bond acceptors (Lipinski definition) is 5. The van der Waals surface area contributed by atoms with Gasteiger partial charge in [0.05, 0.1) is 16.4 Å². The van der Waals surface area contributed by atoms with Gasteiger partial charge in [0.15, 0.2) is 5.78 Å². The second-order valence-corrected chi connectivity index (χ2v) is 8.94. The van der Waals surface area contributed by atoms with E-state index in [0.717, 1.165) is 25.8 Å². The van der Waals surface area contributed by atoms with Crippen molar-refractivity contribution in [3.63, 3.8) is 0 Å². The third-order valence-corrected chi connectivity index (χ3v) is 6.14. The van der Waals surface area contributed by atoms with E-state index in [0.29, 0.717) is 16.3 Å². The standard InChI is InChI=1S/C24H18BrN3O2S/c1-15-3-5-17(6-4-15)14-26-28(23(30)19-9-7-18(8-10-19)16(2)29)24-27-21-12-11-20(25)13-22(21)31-24/h3-14H,1-2H3/b26-14+. The number of rotatable bonds is 5. The summed E-state index contributed by atoms with van der Waals surface area (Å²) in [5, 5.41) is 6.25. The predicted molar refractivity (Wildman–Crippen MR) is 129 cm³/mol. The molecule has 4 aromatic rings. The smallest absolute Gasteiger partial charge is 0.280 e. The Morgan fingerprint density at radius 1 is 1.00 bits per heavy atom. The van der Waals surface area contributed by atoms with Crippen LogP contribution in [-0.4, -0.2) is 22.9 Å². The van der Waals surface area contributed by atoms with Crippen LogP contribution in [0.4, 0.5) is 5.13 Å². The summed E-state index contributed by atoms with van der Waals surface area (Å²) >= 11 is 4.86. The Labute approximate surface area is 192 Å². The van der Waals surface area contributed by atoms with Gasteiger partial charge >= 0.3 is 0 Å².